The molecule has 140 valence electrons. The Hall–Kier alpha value is -3.24. The lowest BCUT2D eigenvalue weighted by molar-refractivity contribution is 0.0973. The monoisotopic (exact) mass is 390 g/mol. The molecule has 0 radical (unpaired) electrons. The number of methoxy groups -OCH3 is 1. The fraction of sp³-hybridized carbons (Fsp3) is 0.190. The molecule has 28 heavy (non-hydrogen) atoms. The smallest absolute Gasteiger partial charge is 0.212 e. The molecular weight excluding hydrogens is 372 g/mol. The minimum atomic E-state index is -0.543. The van der Waals surface area contributed by atoms with Crippen molar-refractivity contribution in [3.05, 3.63) is 70.5 Å². The number of thioether (sulfide) groups is 1. The first-order valence-electron chi connectivity index (χ1n) is 8.71. The third-order valence-electron chi connectivity index (χ3n) is 4.99. The van der Waals surface area contributed by atoms with Crippen LogP contribution < -0.4 is 10.5 Å². The van der Waals surface area contributed by atoms with Crippen LogP contribution in [0.4, 0.5) is 0 Å². The lowest BCUT2D eigenvalue weighted by Crippen LogP contribution is -2.25. The molecule has 3 aromatic rings. The molecule has 0 saturated carbocycles. The number of nitrogens with zero attached hydrogens (tertiary/aromatic N) is 3. The molecule has 1 aliphatic heterocycles. The van der Waals surface area contributed by atoms with Crippen molar-refractivity contribution in [2.75, 3.05) is 7.11 Å². The number of imidazole rings is 1. The molecule has 2 N–H and O–H groups in total. The number of ketones is 1. The van der Waals surface area contributed by atoms with Gasteiger partial charge in [-0.1, -0.05) is 36.0 Å². The maximum atomic E-state index is 13.4. The largest absolute Gasteiger partial charge is 0.497 e. The normalized spacial score (nSPS) is 19.0. The second-order valence-corrected chi connectivity index (χ2v) is 7.71. The van der Waals surface area contributed by atoms with E-state index in [-0.39, 0.29) is 5.78 Å². The van der Waals surface area contributed by atoms with E-state index >= 15 is 0 Å². The van der Waals surface area contributed by atoms with Crippen molar-refractivity contribution in [3.63, 3.8) is 0 Å². The van der Waals surface area contributed by atoms with Gasteiger partial charge in [0.15, 0.2) is 5.82 Å². The van der Waals surface area contributed by atoms with Crippen molar-refractivity contribution < 1.29 is 9.53 Å². The molecule has 4 rings (SSSR count). The average molecular weight is 390 g/mol. The molecule has 6 nitrogen and oxygen atoms in total. The SMILES string of the molecule is COc1ccc([C@@H]2C(C#N)=C(N)S[C@H]2C(=O)c2nc3ccccc3n2C)cc1. The number of para-hydroxylation sites is 2. The second-order valence-electron chi connectivity index (χ2n) is 6.53. The van der Waals surface area contributed by atoms with Crippen LogP contribution in [0.3, 0.4) is 0 Å². The predicted octanol–water partition coefficient (Wildman–Crippen LogP) is 3.36. The number of allylic oxidation sites excluding steroid dienone is 1. The molecule has 0 amide bonds. The van der Waals surface area contributed by atoms with Gasteiger partial charge in [0.05, 0.1) is 40.1 Å². The van der Waals surface area contributed by atoms with E-state index in [9.17, 15) is 10.1 Å². The predicted molar refractivity (Wildman–Crippen MR) is 109 cm³/mol. The summed E-state index contributed by atoms with van der Waals surface area (Å²) >= 11 is 1.23. The highest BCUT2D eigenvalue weighted by molar-refractivity contribution is 8.04. The number of carbonyl (C=O) groups excluding carboxylic acids is 1. The molecule has 1 aromatic heterocycles. The van der Waals surface area contributed by atoms with Gasteiger partial charge < -0.3 is 15.0 Å². The summed E-state index contributed by atoms with van der Waals surface area (Å²) in [6.45, 7) is 0. The van der Waals surface area contributed by atoms with Gasteiger partial charge in [-0.25, -0.2) is 4.98 Å². The summed E-state index contributed by atoms with van der Waals surface area (Å²) in [5.74, 6) is 0.512. The number of benzene rings is 2. The third-order valence-corrected chi connectivity index (χ3v) is 6.21. The lowest BCUT2D eigenvalue weighted by atomic mass is 9.87. The summed E-state index contributed by atoms with van der Waals surface area (Å²) in [4.78, 5) is 18.0. The lowest BCUT2D eigenvalue weighted by Gasteiger charge is -2.19. The molecule has 0 spiro atoms. The van der Waals surface area contributed by atoms with Crippen molar-refractivity contribution in [1.82, 2.24) is 9.55 Å². The number of hydrogen-bond acceptors (Lipinski definition) is 6. The quantitative estimate of drug-likeness (QED) is 0.687. The zero-order valence-electron chi connectivity index (χ0n) is 15.4. The first-order chi connectivity index (χ1) is 13.5. The first kappa shape index (κ1) is 18.1. The van der Waals surface area contributed by atoms with E-state index in [1.54, 1.807) is 11.7 Å². The van der Waals surface area contributed by atoms with Gasteiger partial charge in [-0.15, -0.1) is 0 Å². The number of hydrogen-bond donors (Lipinski definition) is 1. The second kappa shape index (κ2) is 7.06. The zero-order valence-corrected chi connectivity index (χ0v) is 16.2. The first-order valence-corrected chi connectivity index (χ1v) is 9.59. The van der Waals surface area contributed by atoms with E-state index in [0.29, 0.717) is 22.2 Å². The standard InChI is InChI=1S/C21H18N4O2S/c1-25-16-6-4-3-5-15(16)24-21(25)18(26)19-17(14(11-22)20(23)28-19)12-7-9-13(27-2)10-8-12/h3-10,17,19H,23H2,1-2H3/t17-,19-/m1/s1. The Morgan fingerprint density at radius 1 is 1.25 bits per heavy atom. The molecular formula is C21H18N4O2S. The minimum absolute atomic E-state index is 0.141. The molecule has 2 heterocycles. The van der Waals surface area contributed by atoms with Gasteiger partial charge in [-0.3, -0.25) is 4.79 Å². The van der Waals surface area contributed by atoms with Gasteiger partial charge in [-0.05, 0) is 29.8 Å². The van der Waals surface area contributed by atoms with E-state index in [0.717, 1.165) is 16.6 Å². The Morgan fingerprint density at radius 3 is 2.61 bits per heavy atom. The van der Waals surface area contributed by atoms with Crippen molar-refractivity contribution >= 4 is 28.6 Å². The van der Waals surface area contributed by atoms with Gasteiger partial charge >= 0.3 is 0 Å². The fourth-order valence-corrected chi connectivity index (χ4v) is 4.76. The molecule has 0 aliphatic carbocycles. The number of carbonyl (C=O) groups is 1. The van der Waals surface area contributed by atoms with Gasteiger partial charge in [-0.2, -0.15) is 5.26 Å². The van der Waals surface area contributed by atoms with Crippen LogP contribution in [0.5, 0.6) is 5.75 Å². The fourth-order valence-electron chi connectivity index (χ4n) is 3.55. The summed E-state index contributed by atoms with van der Waals surface area (Å²) in [5.41, 5.74) is 9.03. The highest BCUT2D eigenvalue weighted by atomic mass is 32.2. The maximum Gasteiger partial charge on any atom is 0.212 e. The molecule has 0 saturated heterocycles. The summed E-state index contributed by atoms with van der Waals surface area (Å²) in [6.07, 6.45) is 0. The van der Waals surface area contributed by atoms with Gasteiger partial charge in [0.25, 0.3) is 0 Å². The summed E-state index contributed by atoms with van der Waals surface area (Å²) < 4.78 is 7.01. The van der Waals surface area contributed by atoms with E-state index in [1.165, 1.54) is 11.8 Å². The number of aryl methyl sites for hydroxylation is 1. The van der Waals surface area contributed by atoms with Gasteiger partial charge in [0, 0.05) is 13.0 Å². The molecule has 2 atom stereocenters. The topological polar surface area (TPSA) is 93.9 Å². The number of aromatic nitrogens is 2. The van der Waals surface area contributed by atoms with Crippen molar-refractivity contribution in [2.45, 2.75) is 11.2 Å². The molecule has 2 aromatic carbocycles. The molecule has 7 heteroatoms. The summed E-state index contributed by atoms with van der Waals surface area (Å²) in [5, 5.41) is 9.50. The number of rotatable bonds is 4. The van der Waals surface area contributed by atoms with Crippen LogP contribution in [0.25, 0.3) is 11.0 Å². The summed E-state index contributed by atoms with van der Waals surface area (Å²) in [7, 11) is 3.42. The molecule has 0 bridgehead atoms. The average Bonchev–Trinajstić information content (AvgIpc) is 3.24. The van der Waals surface area contributed by atoms with Gasteiger partial charge in [0.2, 0.25) is 5.78 Å². The van der Waals surface area contributed by atoms with Crippen LogP contribution in [-0.2, 0) is 7.05 Å². The van der Waals surface area contributed by atoms with E-state index in [2.05, 4.69) is 11.1 Å². The van der Waals surface area contributed by atoms with Crippen LogP contribution in [-0.4, -0.2) is 27.7 Å². The number of ether oxygens (including phenoxy) is 1. The Labute approximate surface area is 166 Å². The highest BCUT2D eigenvalue weighted by Crippen LogP contribution is 2.46. The number of fused-ring (bicyclic) bond motifs is 1. The van der Waals surface area contributed by atoms with Crippen LogP contribution in [0, 0.1) is 11.3 Å². The number of nitrogens with two attached hydrogens (primary N) is 1. The number of Topliss-reactive ketones (excluding diaryl/α,β-unsaturated/α-hetero) is 1. The Kier molecular flexibility index (Phi) is 4.57. The minimum Gasteiger partial charge on any atom is -0.497 e. The van der Waals surface area contributed by atoms with E-state index in [1.807, 2.05) is 55.6 Å². The van der Waals surface area contributed by atoms with Crippen LogP contribution in [0.1, 0.15) is 22.1 Å². The molecule has 0 fully saturated rings. The van der Waals surface area contributed by atoms with Crippen LogP contribution >= 0.6 is 11.8 Å². The Morgan fingerprint density at radius 2 is 1.96 bits per heavy atom. The van der Waals surface area contributed by atoms with Crippen molar-refractivity contribution in [3.8, 4) is 11.8 Å². The highest BCUT2D eigenvalue weighted by Gasteiger charge is 2.42. The van der Waals surface area contributed by atoms with Gasteiger partial charge in [0.1, 0.15) is 5.75 Å². The van der Waals surface area contributed by atoms with Crippen molar-refractivity contribution in [1.29, 1.82) is 5.26 Å². The Balaban J connectivity index is 1.77. The van der Waals surface area contributed by atoms with Crippen molar-refractivity contribution in [2.24, 2.45) is 12.8 Å². The van der Waals surface area contributed by atoms with E-state index < -0.39 is 11.2 Å². The molecule has 0 unspecified atom stereocenters. The maximum absolute atomic E-state index is 13.4. The summed E-state index contributed by atoms with van der Waals surface area (Å²) in [6, 6.07) is 17.2. The van der Waals surface area contributed by atoms with E-state index in [4.69, 9.17) is 10.5 Å². The third kappa shape index (κ3) is 2.83. The zero-order chi connectivity index (χ0) is 19.8. The van der Waals surface area contributed by atoms with Crippen LogP contribution in [0.2, 0.25) is 0 Å². The number of nitriles is 1. The Bertz CT molecular complexity index is 1140. The van der Waals surface area contributed by atoms with Crippen LogP contribution in [0.15, 0.2) is 59.1 Å². The molecule has 1 aliphatic rings.